The van der Waals surface area contributed by atoms with Crippen molar-refractivity contribution in [1.29, 1.82) is 0 Å². The predicted octanol–water partition coefficient (Wildman–Crippen LogP) is 4.67. The second kappa shape index (κ2) is 7.42. The minimum atomic E-state index is 0.192. The molecule has 2 aromatic heterocycles. The smallest absolute Gasteiger partial charge is 0.151 e. The predicted molar refractivity (Wildman–Crippen MR) is 118 cm³/mol. The Hall–Kier alpha value is -2.89. The average Bonchev–Trinajstić information content (AvgIpc) is 3.27. The van der Waals surface area contributed by atoms with Crippen LogP contribution < -0.4 is 4.90 Å². The third-order valence-corrected chi connectivity index (χ3v) is 6.96. The van der Waals surface area contributed by atoms with E-state index in [1.807, 2.05) is 48.9 Å². The summed E-state index contributed by atoms with van der Waals surface area (Å²) >= 11 is 0. The first-order valence-electron chi connectivity index (χ1n) is 10.9. The monoisotopic (exact) mass is 403 g/mol. The standard InChI is InChI=1S/C24H29N5O/c1-15-14-29(16(2)25-15)19-6-7-21(23(30)13-19)22-8-9-24(27-26-22)28(3)20-11-17-4-5-18(10-17)12-20/h6-9,13-14,17-18,20,30H,4-5,10-12H2,1-3H3/t17-,18+,20?. The molecule has 2 fully saturated rings. The van der Waals surface area contributed by atoms with Gasteiger partial charge in [-0.3, -0.25) is 0 Å². The number of hydrogen-bond acceptors (Lipinski definition) is 5. The Balaban J connectivity index is 1.36. The summed E-state index contributed by atoms with van der Waals surface area (Å²) in [5, 5.41) is 19.6. The summed E-state index contributed by atoms with van der Waals surface area (Å²) in [5.41, 5.74) is 3.20. The van der Waals surface area contributed by atoms with E-state index in [4.69, 9.17) is 0 Å². The number of anilines is 1. The zero-order chi connectivity index (χ0) is 20.8. The molecule has 1 N–H and O–H groups in total. The summed E-state index contributed by atoms with van der Waals surface area (Å²) in [6.45, 7) is 3.92. The van der Waals surface area contributed by atoms with Crippen LogP contribution in [0.25, 0.3) is 16.9 Å². The number of aromatic nitrogens is 4. The Morgan fingerprint density at radius 1 is 1.00 bits per heavy atom. The fraction of sp³-hybridized carbons (Fsp3) is 0.458. The largest absolute Gasteiger partial charge is 0.507 e. The lowest BCUT2D eigenvalue weighted by Gasteiger charge is -2.35. The number of rotatable bonds is 4. The van der Waals surface area contributed by atoms with Gasteiger partial charge in [0.05, 0.1) is 17.1 Å². The summed E-state index contributed by atoms with van der Waals surface area (Å²) in [6.07, 6.45) is 8.71. The quantitative estimate of drug-likeness (QED) is 0.686. The average molecular weight is 404 g/mol. The highest BCUT2D eigenvalue weighted by Gasteiger charge is 2.36. The molecule has 3 atom stereocenters. The lowest BCUT2D eigenvalue weighted by atomic mass is 9.85. The van der Waals surface area contributed by atoms with E-state index in [0.717, 1.165) is 34.9 Å². The Morgan fingerprint density at radius 3 is 2.37 bits per heavy atom. The number of nitrogens with zero attached hydrogens (tertiary/aromatic N) is 5. The zero-order valence-electron chi connectivity index (χ0n) is 17.9. The number of phenols is 1. The zero-order valence-corrected chi connectivity index (χ0v) is 17.9. The van der Waals surface area contributed by atoms with E-state index in [0.29, 0.717) is 17.3 Å². The van der Waals surface area contributed by atoms with Gasteiger partial charge in [-0.1, -0.05) is 12.8 Å². The van der Waals surface area contributed by atoms with E-state index in [2.05, 4.69) is 27.1 Å². The lowest BCUT2D eigenvalue weighted by molar-refractivity contribution is 0.312. The number of benzene rings is 1. The van der Waals surface area contributed by atoms with Crippen molar-refractivity contribution >= 4 is 5.82 Å². The number of aromatic hydroxyl groups is 1. The molecule has 2 aliphatic rings. The third-order valence-electron chi connectivity index (χ3n) is 6.96. The van der Waals surface area contributed by atoms with Gasteiger partial charge in [0.15, 0.2) is 5.82 Å². The number of aryl methyl sites for hydroxylation is 2. The van der Waals surface area contributed by atoms with Gasteiger partial charge in [-0.05, 0) is 69.2 Å². The van der Waals surface area contributed by atoms with Crippen LogP contribution in [0, 0.1) is 25.7 Å². The van der Waals surface area contributed by atoms with Crippen LogP contribution >= 0.6 is 0 Å². The van der Waals surface area contributed by atoms with Crippen molar-refractivity contribution in [2.75, 3.05) is 11.9 Å². The molecule has 0 radical (unpaired) electrons. The fourth-order valence-corrected chi connectivity index (χ4v) is 5.40. The molecule has 2 bridgehead atoms. The molecule has 1 unspecified atom stereocenters. The first kappa shape index (κ1) is 19.1. The first-order chi connectivity index (χ1) is 14.5. The van der Waals surface area contributed by atoms with Crippen molar-refractivity contribution in [3.05, 3.63) is 48.0 Å². The summed E-state index contributed by atoms with van der Waals surface area (Å²) in [4.78, 5) is 6.73. The molecular weight excluding hydrogens is 374 g/mol. The second-order valence-electron chi connectivity index (χ2n) is 9.06. The normalized spacial score (nSPS) is 23.0. The molecule has 5 rings (SSSR count). The summed E-state index contributed by atoms with van der Waals surface area (Å²) in [7, 11) is 2.14. The van der Waals surface area contributed by atoms with E-state index in [1.165, 1.54) is 32.1 Å². The molecule has 0 saturated heterocycles. The maximum Gasteiger partial charge on any atom is 0.151 e. The topological polar surface area (TPSA) is 67.1 Å². The minimum absolute atomic E-state index is 0.192. The lowest BCUT2D eigenvalue weighted by Crippen LogP contribution is -2.37. The van der Waals surface area contributed by atoms with Gasteiger partial charge >= 0.3 is 0 Å². The third kappa shape index (κ3) is 3.44. The molecule has 1 aromatic carbocycles. The number of hydrogen-bond donors (Lipinski definition) is 1. The van der Waals surface area contributed by atoms with Crippen molar-refractivity contribution in [3.8, 4) is 22.7 Å². The second-order valence-corrected chi connectivity index (χ2v) is 9.06. The molecule has 0 aliphatic heterocycles. The Morgan fingerprint density at radius 2 is 1.77 bits per heavy atom. The van der Waals surface area contributed by atoms with E-state index in [-0.39, 0.29) is 5.75 Å². The van der Waals surface area contributed by atoms with Crippen molar-refractivity contribution in [2.24, 2.45) is 11.8 Å². The van der Waals surface area contributed by atoms with Crippen LogP contribution in [0.5, 0.6) is 5.75 Å². The van der Waals surface area contributed by atoms with Crippen molar-refractivity contribution in [1.82, 2.24) is 19.7 Å². The van der Waals surface area contributed by atoms with Crippen LogP contribution in [-0.2, 0) is 0 Å². The summed E-state index contributed by atoms with van der Waals surface area (Å²) in [6, 6.07) is 10.2. The van der Waals surface area contributed by atoms with Gasteiger partial charge in [-0.25, -0.2) is 4.98 Å². The molecule has 0 spiro atoms. The molecule has 2 heterocycles. The van der Waals surface area contributed by atoms with Crippen LogP contribution in [0.4, 0.5) is 5.82 Å². The minimum Gasteiger partial charge on any atom is -0.507 e. The van der Waals surface area contributed by atoms with Crippen molar-refractivity contribution in [3.63, 3.8) is 0 Å². The number of fused-ring (bicyclic) bond motifs is 2. The van der Waals surface area contributed by atoms with Crippen LogP contribution in [0.2, 0.25) is 0 Å². The van der Waals surface area contributed by atoms with E-state index in [1.54, 1.807) is 6.07 Å². The van der Waals surface area contributed by atoms with Crippen LogP contribution in [0.1, 0.15) is 43.6 Å². The molecule has 6 nitrogen and oxygen atoms in total. The van der Waals surface area contributed by atoms with Gasteiger partial charge in [0.25, 0.3) is 0 Å². The van der Waals surface area contributed by atoms with Crippen LogP contribution in [-0.4, -0.2) is 37.9 Å². The van der Waals surface area contributed by atoms with E-state index < -0.39 is 0 Å². The Bertz CT molecular complexity index is 1050. The van der Waals surface area contributed by atoms with Crippen LogP contribution in [0.15, 0.2) is 36.5 Å². The maximum absolute atomic E-state index is 10.6. The fourth-order valence-electron chi connectivity index (χ4n) is 5.40. The van der Waals surface area contributed by atoms with Gasteiger partial charge in [0.2, 0.25) is 0 Å². The summed E-state index contributed by atoms with van der Waals surface area (Å²) in [5.74, 6) is 3.77. The number of phenolic OH excluding ortho intramolecular Hbond substituents is 1. The Kier molecular flexibility index (Phi) is 4.72. The highest BCUT2D eigenvalue weighted by Crippen LogP contribution is 2.43. The van der Waals surface area contributed by atoms with Gasteiger partial charge in [-0.15, -0.1) is 10.2 Å². The molecule has 6 heteroatoms. The Labute approximate surface area is 177 Å². The molecule has 3 aromatic rings. The highest BCUT2D eigenvalue weighted by atomic mass is 16.3. The maximum atomic E-state index is 10.6. The molecule has 2 saturated carbocycles. The summed E-state index contributed by atoms with van der Waals surface area (Å²) < 4.78 is 1.97. The van der Waals surface area contributed by atoms with Gasteiger partial charge in [0.1, 0.15) is 11.6 Å². The van der Waals surface area contributed by atoms with E-state index in [9.17, 15) is 5.11 Å². The van der Waals surface area contributed by atoms with Gasteiger partial charge in [0, 0.05) is 30.9 Å². The van der Waals surface area contributed by atoms with Crippen molar-refractivity contribution < 1.29 is 5.11 Å². The van der Waals surface area contributed by atoms with Crippen LogP contribution in [0.3, 0.4) is 0 Å². The molecule has 30 heavy (non-hydrogen) atoms. The number of imidazole rings is 1. The van der Waals surface area contributed by atoms with Gasteiger partial charge < -0.3 is 14.6 Å². The van der Waals surface area contributed by atoms with E-state index >= 15 is 0 Å². The molecule has 156 valence electrons. The molecule has 0 amide bonds. The van der Waals surface area contributed by atoms with Gasteiger partial charge in [-0.2, -0.15) is 0 Å². The molecule has 2 aliphatic carbocycles. The molecular formula is C24H29N5O. The highest BCUT2D eigenvalue weighted by molar-refractivity contribution is 5.69. The first-order valence-corrected chi connectivity index (χ1v) is 10.9. The SMILES string of the molecule is Cc1cn(-c2ccc(-c3ccc(N(C)C4C[C@H]5CC[C@@H](C4)C5)nn3)c(O)c2)c(C)n1. The van der Waals surface area contributed by atoms with Crippen molar-refractivity contribution in [2.45, 2.75) is 52.0 Å².